The van der Waals surface area contributed by atoms with E-state index in [1.54, 1.807) is 17.3 Å². The Morgan fingerprint density at radius 3 is 2.64 bits per heavy atom. The van der Waals surface area contributed by atoms with E-state index in [4.69, 9.17) is 5.14 Å². The molecule has 1 aromatic carbocycles. The molecule has 1 unspecified atom stereocenters. The molecule has 2 aromatic heterocycles. The molecule has 4 rings (SSSR count). The first-order chi connectivity index (χ1) is 15.7. The molecule has 33 heavy (non-hydrogen) atoms. The smallest absolute Gasteiger partial charge is 0.265 e. The van der Waals surface area contributed by atoms with Gasteiger partial charge in [-0.1, -0.05) is 0 Å². The number of aromatic nitrogens is 2. The highest BCUT2D eigenvalue weighted by molar-refractivity contribution is 7.89. The van der Waals surface area contributed by atoms with Crippen LogP contribution in [0.2, 0.25) is 0 Å². The maximum atomic E-state index is 13.2. The van der Waals surface area contributed by atoms with Crippen molar-refractivity contribution in [2.75, 3.05) is 18.4 Å². The number of nitrogens with two attached hydrogens (primary N) is 1. The van der Waals surface area contributed by atoms with Crippen molar-refractivity contribution in [1.82, 2.24) is 14.9 Å². The van der Waals surface area contributed by atoms with Crippen LogP contribution in [0, 0.1) is 12.8 Å². The second kappa shape index (κ2) is 9.38. The predicted octanol–water partition coefficient (Wildman–Crippen LogP) is 2.65. The summed E-state index contributed by atoms with van der Waals surface area (Å²) in [6.45, 7) is 2.69. The summed E-state index contributed by atoms with van der Waals surface area (Å²) in [6.07, 6.45) is 4.77. The average molecular weight is 486 g/mol. The Morgan fingerprint density at radius 2 is 1.97 bits per heavy atom. The molecule has 172 valence electrons. The SMILES string of the molecule is Cc1nc(-c2cccnc2)sc1C(=O)N1CCCC(C(=O)Nc2ccc(S(N)(=O)=O)cc2)C1. The van der Waals surface area contributed by atoms with Gasteiger partial charge in [-0.25, -0.2) is 18.5 Å². The Balaban J connectivity index is 1.43. The summed E-state index contributed by atoms with van der Waals surface area (Å²) >= 11 is 1.33. The van der Waals surface area contributed by atoms with Crippen molar-refractivity contribution in [1.29, 1.82) is 0 Å². The van der Waals surface area contributed by atoms with Gasteiger partial charge in [0.15, 0.2) is 0 Å². The molecular formula is C22H23N5O4S2. The average Bonchev–Trinajstić information content (AvgIpc) is 3.20. The topological polar surface area (TPSA) is 135 Å². The lowest BCUT2D eigenvalue weighted by Crippen LogP contribution is -2.43. The normalized spacial score (nSPS) is 16.4. The predicted molar refractivity (Wildman–Crippen MR) is 125 cm³/mol. The van der Waals surface area contributed by atoms with E-state index in [0.717, 1.165) is 10.6 Å². The van der Waals surface area contributed by atoms with E-state index in [0.29, 0.717) is 42.2 Å². The molecule has 0 saturated carbocycles. The molecule has 0 radical (unpaired) electrons. The highest BCUT2D eigenvalue weighted by Crippen LogP contribution is 2.30. The standard InChI is InChI=1S/C22H23N5O4S2/c1-14-19(32-21(25-14)15-4-2-10-24-12-15)22(29)27-11-3-5-16(13-27)20(28)26-17-6-8-18(9-7-17)33(23,30)31/h2,4,6-10,12,16H,3,5,11,13H2,1H3,(H,26,28)(H2,23,30,31). The van der Waals surface area contributed by atoms with Crippen LogP contribution in [0.1, 0.15) is 28.2 Å². The van der Waals surface area contributed by atoms with Crippen LogP contribution in [0.3, 0.4) is 0 Å². The molecule has 1 aliphatic heterocycles. The summed E-state index contributed by atoms with van der Waals surface area (Å²) < 4.78 is 22.8. The number of pyridine rings is 1. The lowest BCUT2D eigenvalue weighted by Gasteiger charge is -2.31. The van der Waals surface area contributed by atoms with E-state index in [-0.39, 0.29) is 22.6 Å². The minimum Gasteiger partial charge on any atom is -0.337 e. The van der Waals surface area contributed by atoms with Gasteiger partial charge >= 0.3 is 0 Å². The number of hydrogen-bond acceptors (Lipinski definition) is 7. The molecule has 0 aliphatic carbocycles. The van der Waals surface area contributed by atoms with Crippen LogP contribution in [-0.2, 0) is 14.8 Å². The Bertz CT molecular complexity index is 1270. The molecule has 9 nitrogen and oxygen atoms in total. The lowest BCUT2D eigenvalue weighted by atomic mass is 9.96. The van der Waals surface area contributed by atoms with Crippen LogP contribution in [0.15, 0.2) is 53.7 Å². The van der Waals surface area contributed by atoms with Crippen LogP contribution in [0.25, 0.3) is 10.6 Å². The number of benzene rings is 1. The minimum atomic E-state index is -3.80. The molecule has 3 N–H and O–H groups in total. The number of anilines is 1. The highest BCUT2D eigenvalue weighted by Gasteiger charge is 2.31. The number of piperidine rings is 1. The number of thiazole rings is 1. The van der Waals surface area contributed by atoms with Gasteiger partial charge in [-0.05, 0) is 56.2 Å². The van der Waals surface area contributed by atoms with Gasteiger partial charge < -0.3 is 10.2 Å². The number of nitrogens with zero attached hydrogens (tertiary/aromatic N) is 3. The summed E-state index contributed by atoms with van der Waals surface area (Å²) in [7, 11) is -3.80. The Labute approximate surface area is 195 Å². The van der Waals surface area contributed by atoms with Gasteiger partial charge in [0.05, 0.1) is 16.5 Å². The van der Waals surface area contributed by atoms with E-state index >= 15 is 0 Å². The van der Waals surface area contributed by atoms with Crippen LogP contribution >= 0.6 is 11.3 Å². The van der Waals surface area contributed by atoms with Crippen molar-refractivity contribution in [3.63, 3.8) is 0 Å². The molecular weight excluding hydrogens is 462 g/mol. The highest BCUT2D eigenvalue weighted by atomic mass is 32.2. The number of amides is 2. The van der Waals surface area contributed by atoms with Crippen LogP contribution in [0.4, 0.5) is 5.69 Å². The first-order valence-corrected chi connectivity index (χ1v) is 12.7. The molecule has 1 aliphatic rings. The van der Waals surface area contributed by atoms with Crippen molar-refractivity contribution < 1.29 is 18.0 Å². The maximum absolute atomic E-state index is 13.2. The van der Waals surface area contributed by atoms with E-state index in [9.17, 15) is 18.0 Å². The van der Waals surface area contributed by atoms with Gasteiger partial charge in [-0.2, -0.15) is 0 Å². The molecule has 11 heteroatoms. The number of hydrogen-bond donors (Lipinski definition) is 2. The lowest BCUT2D eigenvalue weighted by molar-refractivity contribution is -0.121. The molecule has 1 fully saturated rings. The second-order valence-electron chi connectivity index (χ2n) is 7.82. The summed E-state index contributed by atoms with van der Waals surface area (Å²) in [6, 6.07) is 9.39. The van der Waals surface area contributed by atoms with E-state index in [1.165, 1.54) is 35.6 Å². The second-order valence-corrected chi connectivity index (χ2v) is 10.4. The number of carbonyl (C=O) groups is 2. The summed E-state index contributed by atoms with van der Waals surface area (Å²) in [5.41, 5.74) is 1.98. The third-order valence-electron chi connectivity index (χ3n) is 5.43. The Hall–Kier alpha value is -3.15. The number of likely N-dealkylation sites (tertiary alicyclic amines) is 1. The van der Waals surface area contributed by atoms with Gasteiger partial charge in [0.25, 0.3) is 5.91 Å². The molecule has 1 atom stereocenters. The first kappa shape index (κ1) is 23.0. The molecule has 3 heterocycles. The number of sulfonamides is 1. The number of nitrogens with one attached hydrogen (secondary N) is 1. The van der Waals surface area contributed by atoms with E-state index < -0.39 is 10.0 Å². The molecule has 2 amide bonds. The zero-order valence-corrected chi connectivity index (χ0v) is 19.5. The zero-order valence-electron chi connectivity index (χ0n) is 17.9. The third-order valence-corrected chi connectivity index (χ3v) is 7.55. The molecule has 0 bridgehead atoms. The van der Waals surface area contributed by atoms with Crippen LogP contribution < -0.4 is 10.5 Å². The summed E-state index contributed by atoms with van der Waals surface area (Å²) in [5.74, 6) is -0.713. The molecule has 1 saturated heterocycles. The largest absolute Gasteiger partial charge is 0.337 e. The first-order valence-electron chi connectivity index (χ1n) is 10.3. The van der Waals surface area contributed by atoms with Gasteiger partial charge in [0.2, 0.25) is 15.9 Å². The van der Waals surface area contributed by atoms with Gasteiger partial charge in [-0.3, -0.25) is 14.6 Å². The Kier molecular flexibility index (Phi) is 6.54. The number of primary sulfonamides is 1. The maximum Gasteiger partial charge on any atom is 0.265 e. The number of rotatable bonds is 5. The fourth-order valence-corrected chi connectivity index (χ4v) is 5.24. The van der Waals surface area contributed by atoms with Gasteiger partial charge in [0, 0.05) is 36.7 Å². The van der Waals surface area contributed by atoms with Gasteiger partial charge in [0.1, 0.15) is 9.88 Å². The van der Waals surface area contributed by atoms with Crippen LogP contribution in [0.5, 0.6) is 0 Å². The van der Waals surface area contributed by atoms with Crippen molar-refractivity contribution in [2.24, 2.45) is 11.1 Å². The summed E-state index contributed by atoms with van der Waals surface area (Å²) in [5, 5.41) is 8.63. The van der Waals surface area contributed by atoms with E-state index in [2.05, 4.69) is 15.3 Å². The molecule has 0 spiro atoms. The monoisotopic (exact) mass is 485 g/mol. The van der Waals surface area contributed by atoms with Crippen molar-refractivity contribution >= 4 is 38.9 Å². The molecule has 3 aromatic rings. The fraction of sp³-hybridized carbons (Fsp3) is 0.273. The number of aryl methyl sites for hydroxylation is 1. The van der Waals surface area contributed by atoms with Crippen molar-refractivity contribution in [3.8, 4) is 10.6 Å². The van der Waals surface area contributed by atoms with Crippen LogP contribution in [-0.4, -0.2) is 48.2 Å². The number of carbonyl (C=O) groups excluding carboxylic acids is 2. The third kappa shape index (κ3) is 5.27. The summed E-state index contributed by atoms with van der Waals surface area (Å²) in [4.78, 5) is 36.9. The zero-order chi connectivity index (χ0) is 23.6. The minimum absolute atomic E-state index is 0.0273. The van der Waals surface area contributed by atoms with Gasteiger partial charge in [-0.15, -0.1) is 11.3 Å². The Morgan fingerprint density at radius 1 is 1.21 bits per heavy atom. The quantitative estimate of drug-likeness (QED) is 0.570. The van der Waals surface area contributed by atoms with Crippen molar-refractivity contribution in [2.45, 2.75) is 24.7 Å². The van der Waals surface area contributed by atoms with E-state index in [1.807, 2.05) is 19.1 Å². The van der Waals surface area contributed by atoms with Crippen molar-refractivity contribution in [3.05, 3.63) is 59.4 Å². The fourth-order valence-electron chi connectivity index (χ4n) is 3.70.